The third-order valence-corrected chi connectivity index (χ3v) is 4.68. The van der Waals surface area contributed by atoms with Crippen molar-refractivity contribution in [2.75, 3.05) is 12.4 Å². The van der Waals surface area contributed by atoms with Crippen LogP contribution >= 0.6 is 11.3 Å². The number of para-hydroxylation sites is 1. The van der Waals surface area contributed by atoms with Crippen LogP contribution in [0, 0.1) is 0 Å². The number of anilines is 1. The number of hydrogen-bond acceptors (Lipinski definition) is 4. The maximum Gasteiger partial charge on any atom is 0.230 e. The average Bonchev–Trinajstić information content (AvgIpc) is 2.96. The standard InChI is InChI=1S/C19H19N3O2S/c1-22-16(13-25-19(22)21-14-6-4-3-5-7-14)12-18(23)20-15-8-10-17(24-2)11-9-15/h3-11,13H,12H2,1-2H3,(H,20,23). The second-order valence-electron chi connectivity index (χ2n) is 5.47. The Morgan fingerprint density at radius 3 is 2.56 bits per heavy atom. The van der Waals surface area contributed by atoms with Crippen molar-refractivity contribution in [3.05, 3.63) is 70.5 Å². The molecule has 1 amide bonds. The van der Waals surface area contributed by atoms with Gasteiger partial charge in [-0.15, -0.1) is 11.3 Å². The molecule has 0 aliphatic carbocycles. The van der Waals surface area contributed by atoms with Gasteiger partial charge in [-0.05, 0) is 36.4 Å². The number of aromatic nitrogens is 1. The molecule has 1 heterocycles. The predicted octanol–water partition coefficient (Wildman–Crippen LogP) is 3.51. The van der Waals surface area contributed by atoms with Gasteiger partial charge in [0.2, 0.25) is 5.91 Å². The average molecular weight is 353 g/mol. The van der Waals surface area contributed by atoms with Crippen molar-refractivity contribution >= 4 is 28.6 Å². The highest BCUT2D eigenvalue weighted by molar-refractivity contribution is 7.07. The van der Waals surface area contributed by atoms with E-state index in [2.05, 4.69) is 10.3 Å². The Morgan fingerprint density at radius 2 is 1.88 bits per heavy atom. The van der Waals surface area contributed by atoms with Crippen LogP contribution in [0.4, 0.5) is 11.4 Å². The monoisotopic (exact) mass is 353 g/mol. The normalized spacial score (nSPS) is 11.4. The van der Waals surface area contributed by atoms with E-state index in [1.54, 1.807) is 7.11 Å². The molecule has 0 atom stereocenters. The van der Waals surface area contributed by atoms with Crippen molar-refractivity contribution < 1.29 is 9.53 Å². The Morgan fingerprint density at radius 1 is 1.16 bits per heavy atom. The number of nitrogens with one attached hydrogen (secondary N) is 1. The minimum absolute atomic E-state index is 0.0650. The van der Waals surface area contributed by atoms with Crippen molar-refractivity contribution in [1.29, 1.82) is 0 Å². The molecule has 0 radical (unpaired) electrons. The van der Waals surface area contributed by atoms with Gasteiger partial charge in [0.25, 0.3) is 0 Å². The first kappa shape index (κ1) is 17.0. The fourth-order valence-electron chi connectivity index (χ4n) is 2.32. The Balaban J connectivity index is 1.70. The van der Waals surface area contributed by atoms with Crippen LogP contribution in [0.1, 0.15) is 5.69 Å². The van der Waals surface area contributed by atoms with Crippen LogP contribution in [-0.2, 0) is 18.3 Å². The van der Waals surface area contributed by atoms with Gasteiger partial charge in [-0.1, -0.05) is 18.2 Å². The van der Waals surface area contributed by atoms with E-state index in [-0.39, 0.29) is 5.91 Å². The van der Waals surface area contributed by atoms with Crippen LogP contribution in [0.25, 0.3) is 0 Å². The topological polar surface area (TPSA) is 55.6 Å². The molecule has 0 saturated heterocycles. The van der Waals surface area contributed by atoms with Crippen molar-refractivity contribution in [3.63, 3.8) is 0 Å². The summed E-state index contributed by atoms with van der Waals surface area (Å²) < 4.78 is 7.06. The van der Waals surface area contributed by atoms with Crippen LogP contribution in [0.15, 0.2) is 65.0 Å². The smallest absolute Gasteiger partial charge is 0.230 e. The summed E-state index contributed by atoms with van der Waals surface area (Å²) in [5.41, 5.74) is 2.57. The van der Waals surface area contributed by atoms with E-state index in [9.17, 15) is 4.79 Å². The van der Waals surface area contributed by atoms with Crippen molar-refractivity contribution in [2.45, 2.75) is 6.42 Å². The molecule has 128 valence electrons. The second-order valence-corrected chi connectivity index (χ2v) is 6.31. The number of thiazole rings is 1. The molecule has 0 aliphatic rings. The number of methoxy groups -OCH3 is 1. The first-order chi connectivity index (χ1) is 12.2. The van der Waals surface area contributed by atoms with Gasteiger partial charge in [-0.25, -0.2) is 4.99 Å². The lowest BCUT2D eigenvalue weighted by Crippen LogP contribution is -2.19. The summed E-state index contributed by atoms with van der Waals surface area (Å²) in [6.07, 6.45) is 0.295. The van der Waals surface area contributed by atoms with Crippen molar-refractivity contribution in [3.8, 4) is 5.75 Å². The van der Waals surface area contributed by atoms with Gasteiger partial charge in [-0.3, -0.25) is 4.79 Å². The van der Waals surface area contributed by atoms with Crippen LogP contribution in [0.5, 0.6) is 5.75 Å². The molecule has 2 aromatic carbocycles. The van der Waals surface area contributed by atoms with E-state index in [1.807, 2.05) is 71.6 Å². The summed E-state index contributed by atoms with van der Waals surface area (Å²) in [6.45, 7) is 0. The quantitative estimate of drug-likeness (QED) is 0.763. The van der Waals surface area contributed by atoms with E-state index < -0.39 is 0 Å². The van der Waals surface area contributed by atoms with Gasteiger partial charge >= 0.3 is 0 Å². The number of rotatable bonds is 5. The molecule has 0 fully saturated rings. The molecule has 5 nitrogen and oxygen atoms in total. The van der Waals surface area contributed by atoms with Crippen LogP contribution in [-0.4, -0.2) is 17.6 Å². The van der Waals surface area contributed by atoms with Gasteiger partial charge in [-0.2, -0.15) is 0 Å². The number of amides is 1. The zero-order chi connectivity index (χ0) is 17.6. The highest BCUT2D eigenvalue weighted by atomic mass is 32.1. The third kappa shape index (κ3) is 4.36. The maximum absolute atomic E-state index is 12.3. The molecule has 0 saturated carbocycles. The molecule has 0 unspecified atom stereocenters. The molecule has 1 N–H and O–H groups in total. The first-order valence-electron chi connectivity index (χ1n) is 7.83. The number of carbonyl (C=O) groups excluding carboxylic acids is 1. The summed E-state index contributed by atoms with van der Waals surface area (Å²) in [5, 5.41) is 4.86. The molecule has 3 rings (SSSR count). The Labute approximate surface area is 150 Å². The van der Waals surface area contributed by atoms with E-state index in [0.29, 0.717) is 6.42 Å². The lowest BCUT2D eigenvalue weighted by atomic mass is 10.2. The van der Waals surface area contributed by atoms with Crippen LogP contribution < -0.4 is 14.9 Å². The highest BCUT2D eigenvalue weighted by Gasteiger charge is 2.09. The predicted molar refractivity (Wildman–Crippen MR) is 100 cm³/mol. The number of nitrogens with zero attached hydrogens (tertiary/aromatic N) is 2. The van der Waals surface area contributed by atoms with E-state index in [4.69, 9.17) is 4.74 Å². The van der Waals surface area contributed by atoms with E-state index in [1.165, 1.54) is 11.3 Å². The fourth-order valence-corrected chi connectivity index (χ4v) is 3.24. The molecule has 25 heavy (non-hydrogen) atoms. The van der Waals surface area contributed by atoms with Gasteiger partial charge in [0.05, 0.1) is 19.2 Å². The zero-order valence-electron chi connectivity index (χ0n) is 14.1. The van der Waals surface area contributed by atoms with Crippen LogP contribution in [0.3, 0.4) is 0 Å². The van der Waals surface area contributed by atoms with Gasteiger partial charge in [0.1, 0.15) is 5.75 Å². The fraction of sp³-hybridized carbons (Fsp3) is 0.158. The summed E-state index contributed by atoms with van der Waals surface area (Å²) in [5.74, 6) is 0.694. The van der Waals surface area contributed by atoms with Gasteiger partial charge < -0.3 is 14.6 Å². The molecular weight excluding hydrogens is 334 g/mol. The highest BCUT2D eigenvalue weighted by Crippen LogP contribution is 2.15. The minimum Gasteiger partial charge on any atom is -0.497 e. The van der Waals surface area contributed by atoms with E-state index >= 15 is 0 Å². The second kappa shape index (κ2) is 7.81. The van der Waals surface area contributed by atoms with Gasteiger partial charge in [0, 0.05) is 23.8 Å². The molecular formula is C19H19N3O2S. The minimum atomic E-state index is -0.0650. The summed E-state index contributed by atoms with van der Waals surface area (Å²) in [4.78, 5) is 17.7. The Hall–Kier alpha value is -2.86. The number of benzene rings is 2. The summed E-state index contributed by atoms with van der Waals surface area (Å²) in [6, 6.07) is 17.0. The molecule has 0 bridgehead atoms. The first-order valence-corrected chi connectivity index (χ1v) is 8.71. The molecule has 1 aromatic heterocycles. The number of ether oxygens (including phenoxy) is 1. The lowest BCUT2D eigenvalue weighted by molar-refractivity contribution is -0.115. The molecule has 0 spiro atoms. The largest absolute Gasteiger partial charge is 0.497 e. The number of hydrogen-bond donors (Lipinski definition) is 1. The van der Waals surface area contributed by atoms with E-state index in [0.717, 1.165) is 27.6 Å². The molecule has 6 heteroatoms. The zero-order valence-corrected chi connectivity index (χ0v) is 14.9. The summed E-state index contributed by atoms with van der Waals surface area (Å²) >= 11 is 1.52. The van der Waals surface area contributed by atoms with Crippen molar-refractivity contribution in [2.24, 2.45) is 12.0 Å². The van der Waals surface area contributed by atoms with Gasteiger partial charge in [0.15, 0.2) is 4.80 Å². The Bertz CT molecular complexity index is 912. The molecule has 0 aliphatic heterocycles. The van der Waals surface area contributed by atoms with Crippen molar-refractivity contribution in [1.82, 2.24) is 4.57 Å². The maximum atomic E-state index is 12.3. The molecule has 3 aromatic rings. The number of carbonyl (C=O) groups is 1. The lowest BCUT2D eigenvalue weighted by Gasteiger charge is -2.07. The summed E-state index contributed by atoms with van der Waals surface area (Å²) in [7, 11) is 3.54. The van der Waals surface area contributed by atoms with Crippen LogP contribution in [0.2, 0.25) is 0 Å². The third-order valence-electron chi connectivity index (χ3n) is 3.71. The Kier molecular flexibility index (Phi) is 5.30. The SMILES string of the molecule is COc1ccc(NC(=O)Cc2csc(=Nc3ccccc3)n2C)cc1.